The van der Waals surface area contributed by atoms with Crippen molar-refractivity contribution in [2.45, 2.75) is 38.8 Å². The van der Waals surface area contributed by atoms with Crippen LogP contribution in [0.5, 0.6) is 5.75 Å². The summed E-state index contributed by atoms with van der Waals surface area (Å²) in [7, 11) is 0. The zero-order valence-corrected chi connectivity index (χ0v) is 22.2. The fourth-order valence-electron chi connectivity index (χ4n) is 4.76. The van der Waals surface area contributed by atoms with Crippen LogP contribution in [0.2, 0.25) is 5.02 Å². The molecule has 0 bridgehead atoms. The van der Waals surface area contributed by atoms with Gasteiger partial charge in [-0.2, -0.15) is 10.2 Å². The molecule has 3 aromatic carbocycles. The molecule has 1 unspecified atom stereocenters. The Bertz CT molecular complexity index is 1370. The van der Waals surface area contributed by atoms with Gasteiger partial charge in [0.25, 0.3) is 0 Å². The molecule has 5 rings (SSSR count). The summed E-state index contributed by atoms with van der Waals surface area (Å²) < 4.78 is 11.9. The summed E-state index contributed by atoms with van der Waals surface area (Å²) in [6, 6.07) is 26.3. The number of nitrogens with one attached hydrogen (secondary N) is 1. The lowest BCUT2D eigenvalue weighted by Gasteiger charge is -2.28. The number of aromatic nitrogens is 1. The number of hydrogen-bond donors (Lipinski definition) is 1. The Morgan fingerprint density at radius 2 is 1.68 bits per heavy atom. The zero-order chi connectivity index (χ0) is 26.3. The second kappa shape index (κ2) is 12.2. The van der Waals surface area contributed by atoms with E-state index in [4.69, 9.17) is 20.8 Å². The molecular formula is C31H31ClN4O2. The first-order chi connectivity index (χ1) is 18.6. The van der Waals surface area contributed by atoms with Crippen molar-refractivity contribution in [2.75, 3.05) is 25.0 Å². The quantitative estimate of drug-likeness (QED) is 0.234. The van der Waals surface area contributed by atoms with Crippen molar-refractivity contribution in [1.82, 2.24) is 9.88 Å². The van der Waals surface area contributed by atoms with Gasteiger partial charge in [0.15, 0.2) is 0 Å². The van der Waals surface area contributed by atoms with E-state index in [1.165, 1.54) is 24.0 Å². The minimum Gasteiger partial charge on any atom is -0.489 e. The number of anilines is 1. The van der Waals surface area contributed by atoms with E-state index in [0.29, 0.717) is 29.9 Å². The van der Waals surface area contributed by atoms with Gasteiger partial charge in [-0.3, -0.25) is 4.90 Å². The number of ether oxygens (including phenoxy) is 1. The highest BCUT2D eigenvalue weighted by molar-refractivity contribution is 6.30. The van der Waals surface area contributed by atoms with Gasteiger partial charge in [0.2, 0.25) is 17.5 Å². The van der Waals surface area contributed by atoms with Gasteiger partial charge in [0, 0.05) is 17.1 Å². The first-order valence-electron chi connectivity index (χ1n) is 13.1. The fraction of sp³-hybridized carbons (Fsp3) is 0.290. The third-order valence-corrected chi connectivity index (χ3v) is 7.22. The lowest BCUT2D eigenvalue weighted by atomic mass is 10.0. The molecule has 1 fully saturated rings. The molecule has 1 atom stereocenters. The topological polar surface area (TPSA) is 74.3 Å². The normalized spacial score (nSPS) is 14.2. The van der Waals surface area contributed by atoms with Crippen molar-refractivity contribution in [3.8, 4) is 23.3 Å². The molecule has 6 nitrogen and oxygen atoms in total. The maximum Gasteiger partial charge on any atom is 0.232 e. The largest absolute Gasteiger partial charge is 0.489 e. The smallest absolute Gasteiger partial charge is 0.232 e. The standard InChI is InChI=1S/C31H31ClN4O2/c1-2-22-5-9-24(10-6-22)29(36-17-3-4-18-36)20-34-31-28(19-33)35-30(38-31)25-11-15-27(16-12-25)37-21-23-7-13-26(32)14-8-23/h5-16,29,34H,2-4,17-18,20-21H2,1H3. The van der Waals surface area contributed by atoms with Crippen LogP contribution in [0, 0.1) is 11.3 Å². The van der Waals surface area contributed by atoms with Crippen molar-refractivity contribution in [3.63, 3.8) is 0 Å². The number of aryl methyl sites for hydroxylation is 1. The van der Waals surface area contributed by atoms with Crippen LogP contribution in [0.15, 0.2) is 77.2 Å². The van der Waals surface area contributed by atoms with E-state index >= 15 is 0 Å². The van der Waals surface area contributed by atoms with Gasteiger partial charge in [-0.1, -0.05) is 54.9 Å². The highest BCUT2D eigenvalue weighted by Crippen LogP contribution is 2.30. The van der Waals surface area contributed by atoms with Crippen LogP contribution in [-0.4, -0.2) is 29.5 Å². The predicted octanol–water partition coefficient (Wildman–Crippen LogP) is 7.26. The lowest BCUT2D eigenvalue weighted by molar-refractivity contribution is 0.255. The first kappa shape index (κ1) is 25.8. The molecule has 1 aliphatic heterocycles. The molecule has 4 aromatic rings. The van der Waals surface area contributed by atoms with Gasteiger partial charge in [0.05, 0.1) is 6.04 Å². The summed E-state index contributed by atoms with van der Waals surface area (Å²) in [5, 5.41) is 13.8. The summed E-state index contributed by atoms with van der Waals surface area (Å²) in [6.07, 6.45) is 3.44. The van der Waals surface area contributed by atoms with Crippen molar-refractivity contribution in [2.24, 2.45) is 0 Å². The van der Waals surface area contributed by atoms with Crippen LogP contribution in [0.1, 0.15) is 48.2 Å². The molecular weight excluding hydrogens is 496 g/mol. The number of hydrogen-bond acceptors (Lipinski definition) is 6. The Morgan fingerprint density at radius 1 is 1.00 bits per heavy atom. The molecule has 0 aliphatic carbocycles. The van der Waals surface area contributed by atoms with E-state index in [9.17, 15) is 5.26 Å². The van der Waals surface area contributed by atoms with Crippen LogP contribution in [0.3, 0.4) is 0 Å². The highest BCUT2D eigenvalue weighted by atomic mass is 35.5. The van der Waals surface area contributed by atoms with E-state index in [1.807, 2.05) is 48.5 Å². The Kier molecular flexibility index (Phi) is 8.28. The molecule has 1 aliphatic rings. The SMILES string of the molecule is CCc1ccc(C(CNc2oc(-c3ccc(OCc4ccc(Cl)cc4)cc3)nc2C#N)N2CCCC2)cc1. The average Bonchev–Trinajstić information content (AvgIpc) is 3.64. The minimum atomic E-state index is 0.195. The van der Waals surface area contributed by atoms with Crippen LogP contribution in [0.4, 0.5) is 5.88 Å². The number of oxazole rings is 1. The maximum absolute atomic E-state index is 9.72. The summed E-state index contributed by atoms with van der Waals surface area (Å²) in [6.45, 7) is 5.39. The number of nitrogens with zero attached hydrogens (tertiary/aromatic N) is 3. The van der Waals surface area contributed by atoms with Crippen LogP contribution < -0.4 is 10.1 Å². The van der Waals surface area contributed by atoms with Crippen molar-refractivity contribution in [3.05, 3.63) is 100 Å². The highest BCUT2D eigenvalue weighted by Gasteiger charge is 2.25. The Morgan fingerprint density at radius 3 is 2.34 bits per heavy atom. The maximum atomic E-state index is 9.72. The summed E-state index contributed by atoms with van der Waals surface area (Å²) in [5.41, 5.74) is 4.66. The Labute approximate surface area is 228 Å². The Hall–Kier alpha value is -3.79. The third-order valence-electron chi connectivity index (χ3n) is 6.96. The first-order valence-corrected chi connectivity index (χ1v) is 13.5. The van der Waals surface area contributed by atoms with Crippen molar-refractivity contribution in [1.29, 1.82) is 5.26 Å². The lowest BCUT2D eigenvalue weighted by Crippen LogP contribution is -2.31. The van der Waals surface area contributed by atoms with E-state index in [0.717, 1.165) is 36.4 Å². The number of halogens is 1. The molecule has 7 heteroatoms. The zero-order valence-electron chi connectivity index (χ0n) is 21.5. The molecule has 2 heterocycles. The fourth-order valence-corrected chi connectivity index (χ4v) is 4.88. The molecule has 0 saturated carbocycles. The van der Waals surface area contributed by atoms with E-state index in [2.05, 4.69) is 52.5 Å². The summed E-state index contributed by atoms with van der Waals surface area (Å²) >= 11 is 5.95. The molecule has 38 heavy (non-hydrogen) atoms. The number of benzene rings is 3. The van der Waals surface area contributed by atoms with E-state index < -0.39 is 0 Å². The number of rotatable bonds is 10. The monoisotopic (exact) mass is 526 g/mol. The summed E-state index contributed by atoms with van der Waals surface area (Å²) in [5.74, 6) is 1.54. The van der Waals surface area contributed by atoms with Crippen LogP contribution >= 0.6 is 11.6 Å². The average molecular weight is 527 g/mol. The van der Waals surface area contributed by atoms with Gasteiger partial charge in [-0.05, 0) is 85.4 Å². The molecule has 1 saturated heterocycles. The molecule has 1 N–H and O–H groups in total. The van der Waals surface area contributed by atoms with Crippen LogP contribution in [-0.2, 0) is 13.0 Å². The van der Waals surface area contributed by atoms with Gasteiger partial charge in [0.1, 0.15) is 18.4 Å². The molecule has 0 amide bonds. The van der Waals surface area contributed by atoms with Gasteiger partial charge in [-0.15, -0.1) is 0 Å². The predicted molar refractivity (Wildman–Crippen MR) is 150 cm³/mol. The van der Waals surface area contributed by atoms with Gasteiger partial charge < -0.3 is 14.5 Å². The summed E-state index contributed by atoms with van der Waals surface area (Å²) in [4.78, 5) is 6.94. The molecule has 1 aromatic heterocycles. The van der Waals surface area contributed by atoms with Crippen molar-refractivity contribution >= 4 is 17.5 Å². The number of likely N-dealkylation sites (tertiary alicyclic amines) is 1. The van der Waals surface area contributed by atoms with Gasteiger partial charge >= 0.3 is 0 Å². The van der Waals surface area contributed by atoms with Crippen LogP contribution in [0.25, 0.3) is 11.5 Å². The van der Waals surface area contributed by atoms with Gasteiger partial charge in [-0.25, -0.2) is 0 Å². The van der Waals surface area contributed by atoms with E-state index in [1.54, 1.807) is 0 Å². The molecule has 0 radical (unpaired) electrons. The Balaban J connectivity index is 1.27. The van der Waals surface area contributed by atoms with E-state index in [-0.39, 0.29) is 11.7 Å². The second-order valence-corrected chi connectivity index (χ2v) is 9.92. The third kappa shape index (κ3) is 6.19. The second-order valence-electron chi connectivity index (χ2n) is 9.48. The molecule has 194 valence electrons. The minimum absolute atomic E-state index is 0.195. The molecule has 0 spiro atoms. The van der Waals surface area contributed by atoms with Crippen molar-refractivity contribution < 1.29 is 9.15 Å². The number of nitriles is 1.